The predicted octanol–water partition coefficient (Wildman–Crippen LogP) is 7.71. The summed E-state index contributed by atoms with van der Waals surface area (Å²) < 4.78 is 11.5. The summed E-state index contributed by atoms with van der Waals surface area (Å²) in [6, 6.07) is 23.9. The molecule has 33 heavy (non-hydrogen) atoms. The van der Waals surface area contributed by atoms with Gasteiger partial charge >= 0.3 is 0 Å². The van der Waals surface area contributed by atoms with Gasteiger partial charge in [0.1, 0.15) is 17.0 Å². The number of hydrogen-bond donors (Lipinski definition) is 1. The molecule has 0 saturated heterocycles. The van der Waals surface area contributed by atoms with Crippen molar-refractivity contribution in [2.45, 2.75) is 0 Å². The normalized spacial score (nSPS) is 11.3. The Hall–Kier alpha value is -3.80. The monoisotopic (exact) mass is 474 g/mol. The number of halogens is 2. The molecule has 5 rings (SSSR count). The SMILES string of the molecule is O=C(/C=C/c1ccc(-c2ccccc2)o1)Nc1ccc(-c2nc3cc(Cl)cc(Cl)c3o2)cc1. The average Bonchev–Trinajstić information content (AvgIpc) is 3.46. The van der Waals surface area contributed by atoms with E-state index in [2.05, 4.69) is 10.3 Å². The van der Waals surface area contributed by atoms with Crippen LogP contribution in [0.1, 0.15) is 5.76 Å². The summed E-state index contributed by atoms with van der Waals surface area (Å²) in [7, 11) is 0. The zero-order valence-corrected chi connectivity index (χ0v) is 18.6. The highest BCUT2D eigenvalue weighted by Crippen LogP contribution is 2.32. The Bertz CT molecular complexity index is 1470. The molecule has 0 bridgehead atoms. The van der Waals surface area contributed by atoms with Gasteiger partial charge in [-0.15, -0.1) is 0 Å². The van der Waals surface area contributed by atoms with Crippen LogP contribution in [0, 0.1) is 0 Å². The first-order chi connectivity index (χ1) is 16.0. The van der Waals surface area contributed by atoms with Crippen LogP contribution in [-0.4, -0.2) is 10.9 Å². The second-order valence-corrected chi connectivity index (χ2v) is 8.07. The number of hydrogen-bond acceptors (Lipinski definition) is 4. The van der Waals surface area contributed by atoms with Gasteiger partial charge in [-0.1, -0.05) is 53.5 Å². The van der Waals surface area contributed by atoms with Crippen molar-refractivity contribution < 1.29 is 13.6 Å². The molecule has 0 aliphatic rings. The van der Waals surface area contributed by atoms with Crippen LogP contribution in [0.5, 0.6) is 0 Å². The molecule has 1 amide bonds. The van der Waals surface area contributed by atoms with Gasteiger partial charge < -0.3 is 14.2 Å². The molecule has 3 aromatic carbocycles. The van der Waals surface area contributed by atoms with Crippen LogP contribution in [0.15, 0.2) is 93.8 Å². The Morgan fingerprint density at radius 1 is 0.879 bits per heavy atom. The summed E-state index contributed by atoms with van der Waals surface area (Å²) in [5, 5.41) is 3.71. The van der Waals surface area contributed by atoms with Crippen molar-refractivity contribution in [2.75, 3.05) is 5.32 Å². The Morgan fingerprint density at radius 3 is 2.45 bits per heavy atom. The topological polar surface area (TPSA) is 68.3 Å². The first-order valence-corrected chi connectivity index (χ1v) is 10.8. The molecule has 0 unspecified atom stereocenters. The summed E-state index contributed by atoms with van der Waals surface area (Å²) in [4.78, 5) is 16.7. The van der Waals surface area contributed by atoms with Crippen molar-refractivity contribution in [2.24, 2.45) is 0 Å². The van der Waals surface area contributed by atoms with Crippen molar-refractivity contribution in [1.29, 1.82) is 0 Å². The molecule has 0 radical (unpaired) electrons. The molecule has 2 heterocycles. The summed E-state index contributed by atoms with van der Waals surface area (Å²) in [5.41, 5.74) is 3.42. The van der Waals surface area contributed by atoms with Crippen LogP contribution in [0.2, 0.25) is 10.0 Å². The van der Waals surface area contributed by atoms with Crippen LogP contribution >= 0.6 is 23.2 Å². The van der Waals surface area contributed by atoms with E-state index in [0.29, 0.717) is 38.5 Å². The van der Waals surface area contributed by atoms with Crippen molar-refractivity contribution in [3.05, 3.63) is 101 Å². The van der Waals surface area contributed by atoms with Gasteiger partial charge in [-0.2, -0.15) is 0 Å². The second kappa shape index (κ2) is 8.98. The summed E-state index contributed by atoms with van der Waals surface area (Å²) in [6.07, 6.45) is 3.05. The smallest absolute Gasteiger partial charge is 0.248 e. The minimum atomic E-state index is -0.274. The van der Waals surface area contributed by atoms with Gasteiger partial charge in [0, 0.05) is 27.9 Å². The highest BCUT2D eigenvalue weighted by molar-refractivity contribution is 6.38. The van der Waals surface area contributed by atoms with Crippen molar-refractivity contribution in [3.63, 3.8) is 0 Å². The lowest BCUT2D eigenvalue weighted by Crippen LogP contribution is -2.07. The van der Waals surface area contributed by atoms with Crippen LogP contribution in [-0.2, 0) is 4.79 Å². The van der Waals surface area contributed by atoms with Crippen molar-refractivity contribution >= 4 is 52.0 Å². The predicted molar refractivity (Wildman–Crippen MR) is 131 cm³/mol. The van der Waals surface area contributed by atoms with E-state index in [1.54, 1.807) is 42.5 Å². The minimum Gasteiger partial charge on any atom is -0.457 e. The number of anilines is 1. The fourth-order valence-electron chi connectivity index (χ4n) is 3.32. The standard InChI is InChI=1S/C26H16Cl2N2O3/c27-18-14-21(28)25-22(15-18)30-26(33-25)17-6-8-19(9-7-17)29-24(31)13-11-20-10-12-23(32-20)16-4-2-1-3-5-16/h1-15H,(H,29,31)/b13-11+. The first kappa shape index (κ1) is 21.1. The van der Waals surface area contributed by atoms with Gasteiger partial charge in [0.15, 0.2) is 5.58 Å². The maximum Gasteiger partial charge on any atom is 0.248 e. The lowest BCUT2D eigenvalue weighted by molar-refractivity contribution is -0.111. The molecule has 1 N–H and O–H groups in total. The number of amides is 1. The molecule has 0 atom stereocenters. The number of benzene rings is 3. The van der Waals surface area contributed by atoms with Gasteiger partial charge in [-0.25, -0.2) is 4.98 Å². The molecule has 162 valence electrons. The van der Waals surface area contributed by atoms with Gasteiger partial charge in [-0.05, 0) is 54.6 Å². The number of rotatable bonds is 5. The third-order valence-electron chi connectivity index (χ3n) is 4.89. The van der Waals surface area contributed by atoms with E-state index in [4.69, 9.17) is 32.0 Å². The Labute approximate surface area is 199 Å². The molecule has 5 aromatic rings. The molecule has 7 heteroatoms. The first-order valence-electron chi connectivity index (χ1n) is 10.1. The maximum atomic E-state index is 12.3. The fraction of sp³-hybridized carbons (Fsp3) is 0. The zero-order chi connectivity index (χ0) is 22.8. The van der Waals surface area contributed by atoms with E-state index >= 15 is 0 Å². The van der Waals surface area contributed by atoms with E-state index in [1.807, 2.05) is 42.5 Å². The molecule has 0 spiro atoms. The fourth-order valence-corrected chi connectivity index (χ4v) is 3.84. The number of furan rings is 1. The van der Waals surface area contributed by atoms with E-state index in [-0.39, 0.29) is 5.91 Å². The third kappa shape index (κ3) is 4.70. The average molecular weight is 475 g/mol. The number of nitrogens with zero attached hydrogens (tertiary/aromatic N) is 1. The van der Waals surface area contributed by atoms with Crippen LogP contribution in [0.4, 0.5) is 5.69 Å². The van der Waals surface area contributed by atoms with Gasteiger partial charge in [0.25, 0.3) is 0 Å². The van der Waals surface area contributed by atoms with Crippen LogP contribution in [0.3, 0.4) is 0 Å². The summed E-state index contributed by atoms with van der Waals surface area (Å²) >= 11 is 12.2. The largest absolute Gasteiger partial charge is 0.457 e. The number of fused-ring (bicyclic) bond motifs is 1. The molecular formula is C26H16Cl2N2O3. The molecule has 0 aliphatic carbocycles. The van der Waals surface area contributed by atoms with Crippen molar-refractivity contribution in [1.82, 2.24) is 4.98 Å². The number of aromatic nitrogens is 1. The van der Waals surface area contributed by atoms with Crippen molar-refractivity contribution in [3.8, 4) is 22.8 Å². The van der Waals surface area contributed by atoms with E-state index in [9.17, 15) is 4.79 Å². The van der Waals surface area contributed by atoms with E-state index in [1.165, 1.54) is 6.08 Å². The van der Waals surface area contributed by atoms with Gasteiger partial charge in [-0.3, -0.25) is 4.79 Å². The number of nitrogens with one attached hydrogen (secondary N) is 1. The quantitative estimate of drug-likeness (QED) is 0.264. The maximum absolute atomic E-state index is 12.3. The molecule has 2 aromatic heterocycles. The molecule has 0 aliphatic heterocycles. The lowest BCUT2D eigenvalue weighted by atomic mass is 10.2. The minimum absolute atomic E-state index is 0.274. The lowest BCUT2D eigenvalue weighted by Gasteiger charge is -2.02. The van der Waals surface area contributed by atoms with Gasteiger partial charge in [0.05, 0.1) is 5.02 Å². The van der Waals surface area contributed by atoms with E-state index in [0.717, 1.165) is 16.9 Å². The van der Waals surface area contributed by atoms with Crippen LogP contribution in [0.25, 0.3) is 40.0 Å². The van der Waals surface area contributed by atoms with E-state index < -0.39 is 0 Å². The Balaban J connectivity index is 1.25. The molecule has 5 nitrogen and oxygen atoms in total. The highest BCUT2D eigenvalue weighted by Gasteiger charge is 2.12. The number of carbonyl (C=O) groups excluding carboxylic acids is 1. The zero-order valence-electron chi connectivity index (χ0n) is 17.1. The summed E-state index contributed by atoms with van der Waals surface area (Å²) in [5.74, 6) is 1.48. The van der Waals surface area contributed by atoms with Gasteiger partial charge in [0.2, 0.25) is 11.8 Å². The molecule has 0 saturated carbocycles. The third-order valence-corrected chi connectivity index (χ3v) is 5.39. The molecular weight excluding hydrogens is 459 g/mol. The Kier molecular flexibility index (Phi) is 5.73. The summed E-state index contributed by atoms with van der Waals surface area (Å²) in [6.45, 7) is 0. The second-order valence-electron chi connectivity index (χ2n) is 7.22. The van der Waals surface area contributed by atoms with Crippen LogP contribution < -0.4 is 5.32 Å². The number of oxazole rings is 1. The highest BCUT2D eigenvalue weighted by atomic mass is 35.5. The number of carbonyl (C=O) groups is 1. The molecule has 0 fully saturated rings. The Morgan fingerprint density at radius 2 is 1.67 bits per heavy atom.